The molecule has 0 radical (unpaired) electrons. The van der Waals surface area contributed by atoms with Crippen LogP contribution in [0.15, 0.2) is 12.7 Å². The third kappa shape index (κ3) is 16.6. The van der Waals surface area contributed by atoms with Crippen LogP contribution in [0.5, 0.6) is 0 Å². The minimum Gasteiger partial charge on any atom is -0.386 e. The number of aliphatic hydroxyl groups excluding tert-OH is 2. The molecule has 60 heavy (non-hydrogen) atoms. The molecule has 0 saturated carbocycles. The van der Waals surface area contributed by atoms with E-state index in [1.807, 2.05) is 0 Å². The van der Waals surface area contributed by atoms with Gasteiger partial charge in [-0.2, -0.15) is 4.31 Å². The number of ether oxygens (including phenoxy) is 1. The lowest BCUT2D eigenvalue weighted by Gasteiger charge is -2.30. The number of aromatic nitrogens is 4. The van der Waals surface area contributed by atoms with Crippen LogP contribution in [0.2, 0.25) is 0 Å². The summed E-state index contributed by atoms with van der Waals surface area (Å²) in [6.07, 6.45) is -4.63. The largest absolute Gasteiger partial charge is 0.481 e. The number of hydrogen-bond acceptors (Lipinski definition) is 19. The van der Waals surface area contributed by atoms with Crippen LogP contribution in [0.25, 0.3) is 11.2 Å². The molecule has 30 heteroatoms. The van der Waals surface area contributed by atoms with Gasteiger partial charge in [-0.05, 0) is 19.3 Å². The third-order valence-corrected chi connectivity index (χ3v) is 12.7. The summed E-state index contributed by atoms with van der Waals surface area (Å²) in [4.78, 5) is 88.1. The van der Waals surface area contributed by atoms with Crippen LogP contribution in [0.4, 0.5) is 5.82 Å². The molecule has 1 aliphatic rings. The topological polar surface area (TPSA) is 390 Å². The molecular formula is C30H55N9O17P3S+. The Labute approximate surface area is 349 Å². The van der Waals surface area contributed by atoms with Crippen LogP contribution in [-0.2, 0) is 50.7 Å². The molecule has 8 unspecified atom stereocenters. The number of unbranched alkanes of at least 4 members (excludes halogenated alkanes) is 1. The van der Waals surface area contributed by atoms with Crippen molar-refractivity contribution in [3.05, 3.63) is 12.7 Å². The average molecular weight is 939 g/mol. The highest BCUT2D eigenvalue weighted by atomic mass is 32.2. The molecule has 8 atom stereocenters. The number of amides is 2. The molecule has 2 aromatic rings. The van der Waals surface area contributed by atoms with Crippen molar-refractivity contribution in [2.75, 3.05) is 65.5 Å². The molecule has 12 N–H and O–H groups in total. The fraction of sp³-hybridized carbons (Fsp3) is 0.733. The lowest BCUT2D eigenvalue weighted by atomic mass is 9.87. The van der Waals surface area contributed by atoms with E-state index >= 15 is 0 Å². The van der Waals surface area contributed by atoms with Gasteiger partial charge in [-0.25, -0.2) is 28.6 Å². The Kier molecular flexibility index (Phi) is 18.8. The van der Waals surface area contributed by atoms with Crippen LogP contribution >= 0.6 is 35.2 Å². The maximum Gasteiger partial charge on any atom is 0.481 e. The second kappa shape index (κ2) is 21.7. The first-order chi connectivity index (χ1) is 27.6. The number of imidazole rings is 1. The Morgan fingerprint density at radius 1 is 1.03 bits per heavy atom. The Balaban J connectivity index is 1.43. The third-order valence-electron chi connectivity index (χ3n) is 8.64. The zero-order chi connectivity index (χ0) is 45.3. The van der Waals surface area contributed by atoms with Crippen LogP contribution in [0.3, 0.4) is 0 Å². The second-order valence-electron chi connectivity index (χ2n) is 15.4. The summed E-state index contributed by atoms with van der Waals surface area (Å²) in [5.41, 5.74) is 10.2. The number of aliphatic hydroxyl groups is 2. The van der Waals surface area contributed by atoms with E-state index in [1.54, 1.807) is 0 Å². The number of thioether (sulfide) groups is 1. The highest BCUT2D eigenvalue weighted by Crippen LogP contribution is 2.61. The molecule has 1 fully saturated rings. The van der Waals surface area contributed by atoms with Crippen LogP contribution in [0, 0.1) is 5.41 Å². The molecular weight excluding hydrogens is 883 g/mol. The number of phosphoric ester groups is 3. The molecule has 26 nitrogen and oxygen atoms in total. The lowest BCUT2D eigenvalue weighted by molar-refractivity contribution is -0.870. The fourth-order valence-corrected chi connectivity index (χ4v) is 9.02. The summed E-state index contributed by atoms with van der Waals surface area (Å²) in [6.45, 7) is 1.39. The predicted octanol–water partition coefficient (Wildman–Crippen LogP) is -1.13. The molecule has 1 saturated heterocycles. The quantitative estimate of drug-likeness (QED) is 0.0320. The Morgan fingerprint density at radius 3 is 2.35 bits per heavy atom. The van der Waals surface area contributed by atoms with E-state index in [4.69, 9.17) is 25.3 Å². The lowest BCUT2D eigenvalue weighted by Crippen LogP contribution is -2.46. The van der Waals surface area contributed by atoms with E-state index in [0.29, 0.717) is 12.2 Å². The van der Waals surface area contributed by atoms with E-state index in [2.05, 4.69) is 55.6 Å². The number of nitrogens with one attached hydrogen (secondary N) is 2. The van der Waals surface area contributed by atoms with Crippen LogP contribution in [0.1, 0.15) is 45.8 Å². The van der Waals surface area contributed by atoms with E-state index < -0.39 is 90.6 Å². The number of nitrogens with two attached hydrogens (primary N) is 2. The molecule has 3 rings (SSSR count). The maximum atomic E-state index is 12.7. The van der Waals surface area contributed by atoms with Gasteiger partial charge >= 0.3 is 23.5 Å². The molecule has 0 spiro atoms. The maximum absolute atomic E-state index is 12.7. The molecule has 342 valence electrons. The normalized spacial score (nSPS) is 21.9. The highest BCUT2D eigenvalue weighted by molar-refractivity contribution is 8.13. The van der Waals surface area contributed by atoms with Crippen LogP contribution < -0.4 is 22.1 Å². The number of carbonyl (C=O) groups is 3. The first-order valence-corrected chi connectivity index (χ1v) is 23.7. The van der Waals surface area contributed by atoms with Gasteiger partial charge in [0.05, 0.1) is 53.3 Å². The smallest absolute Gasteiger partial charge is 0.386 e. The summed E-state index contributed by atoms with van der Waals surface area (Å²) < 4.78 is 63.0. The number of carbonyl (C=O) groups excluding carboxylic acids is 3. The van der Waals surface area contributed by atoms with Crippen molar-refractivity contribution in [1.82, 2.24) is 30.2 Å². The van der Waals surface area contributed by atoms with Crippen LogP contribution in [-0.4, -0.2) is 161 Å². The first kappa shape index (κ1) is 51.8. The SMILES string of the molecule is CC(C)(COP(=O)(O)OP(=O)(O)OCC1OC(n2cnc3c(N)ncnc32)C(O)C1OP(=O)(O)O)C(O)C(=O)NCCC(=O)NCCSC(=O)C(N)CCCC[N+](C)(C)C. The highest BCUT2D eigenvalue weighted by Gasteiger charge is 2.50. The minimum absolute atomic E-state index is 0.0286. The van der Waals surface area contributed by atoms with Crippen molar-refractivity contribution in [1.29, 1.82) is 0 Å². The second-order valence-corrected chi connectivity index (χ2v) is 20.7. The summed E-state index contributed by atoms with van der Waals surface area (Å²) in [6, 6.07) is -0.602. The zero-order valence-corrected chi connectivity index (χ0v) is 37.0. The van der Waals surface area contributed by atoms with Crippen molar-refractivity contribution in [3.8, 4) is 0 Å². The van der Waals surface area contributed by atoms with Gasteiger partial charge in [0.15, 0.2) is 17.7 Å². The minimum atomic E-state index is -5.58. The number of hydrogen-bond donors (Lipinski definition) is 10. The molecule has 0 aromatic carbocycles. The Hall–Kier alpha value is -2.52. The van der Waals surface area contributed by atoms with Gasteiger partial charge in [0, 0.05) is 30.7 Å². The van der Waals surface area contributed by atoms with Crippen molar-refractivity contribution in [3.63, 3.8) is 0 Å². The summed E-state index contributed by atoms with van der Waals surface area (Å²) >= 11 is 1.01. The standard InChI is InChI=1S/C30H54N9O17P3S/c1-30(2,24(42)27(43)34-10-9-20(40)33-11-13-60-29(44)18(31)8-6-7-12-39(3,4)5)15-53-59(50,51)56-58(48,49)52-14-19-23(55-57(45,46)47)22(41)28(54-19)38-17-37-21-25(32)35-16-36-26(21)38/h16-19,22-24,28,41-42H,6-15,31H2,1-5H3,(H7-,32,33,34,35,36,40,43,45,46,47,48,49,50,51)/p+1. The van der Waals surface area contributed by atoms with Gasteiger partial charge in [0.2, 0.25) is 16.9 Å². The van der Waals surface area contributed by atoms with Gasteiger partial charge in [-0.15, -0.1) is 0 Å². The van der Waals surface area contributed by atoms with E-state index in [0.717, 1.165) is 52.9 Å². The number of nitrogen functional groups attached to an aromatic ring is 1. The predicted molar refractivity (Wildman–Crippen MR) is 212 cm³/mol. The number of anilines is 1. The fourth-order valence-electron chi connectivity index (χ4n) is 5.46. The van der Waals surface area contributed by atoms with Crippen molar-refractivity contribution in [2.24, 2.45) is 11.1 Å². The summed E-state index contributed by atoms with van der Waals surface area (Å²) in [7, 11) is -10.2. The molecule has 0 aliphatic carbocycles. The van der Waals surface area contributed by atoms with Crippen molar-refractivity contribution in [2.45, 2.75) is 76.2 Å². The number of phosphoric acid groups is 3. The van der Waals surface area contributed by atoms with E-state index in [1.165, 1.54) is 13.8 Å². The number of fused-ring (bicyclic) bond motifs is 1. The van der Waals surface area contributed by atoms with Gasteiger partial charge < -0.3 is 61.1 Å². The monoisotopic (exact) mass is 938 g/mol. The van der Waals surface area contributed by atoms with Crippen molar-refractivity contribution >= 4 is 69.1 Å². The van der Waals surface area contributed by atoms with Gasteiger partial charge in [0.1, 0.15) is 36.3 Å². The Bertz CT molecular complexity index is 1930. The first-order valence-electron chi connectivity index (χ1n) is 18.2. The van der Waals surface area contributed by atoms with Crippen molar-refractivity contribution < 1.29 is 85.0 Å². The van der Waals surface area contributed by atoms with E-state index in [-0.39, 0.29) is 41.6 Å². The van der Waals surface area contributed by atoms with Gasteiger partial charge in [0.25, 0.3) is 0 Å². The Morgan fingerprint density at radius 2 is 1.70 bits per heavy atom. The molecule has 1 aliphatic heterocycles. The summed E-state index contributed by atoms with van der Waals surface area (Å²) in [5, 5.41) is 26.3. The molecule has 2 amide bonds. The van der Waals surface area contributed by atoms with Gasteiger partial charge in [-0.1, -0.05) is 25.6 Å². The number of rotatable bonds is 25. The molecule has 0 bridgehead atoms. The van der Waals surface area contributed by atoms with Gasteiger partial charge in [-0.3, -0.25) is 32.5 Å². The average Bonchev–Trinajstić information content (AvgIpc) is 3.69. The molecule has 2 aromatic heterocycles. The zero-order valence-electron chi connectivity index (χ0n) is 33.5. The number of quaternary nitrogens is 1. The summed E-state index contributed by atoms with van der Waals surface area (Å²) in [5.74, 6) is -1.19. The van der Waals surface area contributed by atoms with E-state index in [9.17, 15) is 57.9 Å². The molecule has 3 heterocycles. The number of nitrogens with zero attached hydrogens (tertiary/aromatic N) is 5.